The van der Waals surface area contributed by atoms with Crippen molar-refractivity contribution in [3.05, 3.63) is 10.6 Å². The summed E-state index contributed by atoms with van der Waals surface area (Å²) in [6.07, 6.45) is 0.513. The van der Waals surface area contributed by atoms with Gasteiger partial charge in [-0.25, -0.2) is 4.98 Å². The Bertz CT molecular complexity index is 428. The minimum atomic E-state index is 0.0486. The molecular weight excluding hydrogens is 258 g/mol. The molecular formula is C14H25N3OS. The van der Waals surface area contributed by atoms with Gasteiger partial charge in [-0.1, -0.05) is 20.8 Å². The first-order valence-electron chi connectivity index (χ1n) is 6.92. The molecule has 5 heteroatoms. The fourth-order valence-electron chi connectivity index (χ4n) is 2.53. The molecule has 2 atom stereocenters. The van der Waals surface area contributed by atoms with Crippen LogP contribution in [-0.2, 0) is 16.7 Å². The zero-order chi connectivity index (χ0) is 14.2. The summed E-state index contributed by atoms with van der Waals surface area (Å²) < 4.78 is 5.78. The quantitative estimate of drug-likeness (QED) is 0.906. The van der Waals surface area contributed by atoms with Crippen LogP contribution in [0.25, 0.3) is 0 Å². The van der Waals surface area contributed by atoms with Gasteiger partial charge in [0.15, 0.2) is 5.13 Å². The van der Waals surface area contributed by atoms with Gasteiger partial charge in [-0.15, -0.1) is 11.3 Å². The van der Waals surface area contributed by atoms with E-state index in [1.807, 2.05) is 0 Å². The summed E-state index contributed by atoms with van der Waals surface area (Å²) >= 11 is 1.73. The highest BCUT2D eigenvalue weighted by Crippen LogP contribution is 2.34. The maximum atomic E-state index is 5.87. The first-order chi connectivity index (χ1) is 8.81. The lowest BCUT2D eigenvalue weighted by atomic mass is 9.91. The number of hydrogen-bond acceptors (Lipinski definition) is 5. The number of nitrogens with zero attached hydrogens (tertiary/aromatic N) is 2. The van der Waals surface area contributed by atoms with Crippen LogP contribution >= 0.6 is 11.3 Å². The average Bonchev–Trinajstić information content (AvgIpc) is 2.71. The Morgan fingerprint density at radius 2 is 1.89 bits per heavy atom. The summed E-state index contributed by atoms with van der Waals surface area (Å²) in [6, 6.07) is 0. The number of nitrogens with two attached hydrogens (primary N) is 1. The summed E-state index contributed by atoms with van der Waals surface area (Å²) in [5, 5.41) is 1.09. The van der Waals surface area contributed by atoms with E-state index in [9.17, 15) is 0 Å². The van der Waals surface area contributed by atoms with Gasteiger partial charge in [0.1, 0.15) is 0 Å². The van der Waals surface area contributed by atoms with Crippen molar-refractivity contribution in [1.29, 1.82) is 0 Å². The zero-order valence-corrected chi connectivity index (χ0v) is 13.4. The molecule has 0 saturated carbocycles. The van der Waals surface area contributed by atoms with Gasteiger partial charge in [0, 0.05) is 29.9 Å². The Hall–Kier alpha value is -0.650. The van der Waals surface area contributed by atoms with Crippen molar-refractivity contribution < 1.29 is 4.74 Å². The van der Waals surface area contributed by atoms with Crippen LogP contribution in [0, 0.1) is 0 Å². The number of ether oxygens (including phenoxy) is 1. The second kappa shape index (κ2) is 5.38. The molecule has 1 aliphatic rings. The molecule has 0 amide bonds. The summed E-state index contributed by atoms with van der Waals surface area (Å²) in [4.78, 5) is 8.39. The molecule has 0 radical (unpaired) electrons. The first-order valence-corrected chi connectivity index (χ1v) is 7.73. The van der Waals surface area contributed by atoms with Crippen molar-refractivity contribution >= 4 is 16.5 Å². The standard InChI is InChI=1S/C14H25N3OS/c1-9-7-17(8-10(2)18-9)13-16-12(14(3,4)5)11(6-15)19-13/h9-10H,6-8,15H2,1-5H3. The fourth-order valence-corrected chi connectivity index (χ4v) is 3.70. The number of anilines is 1. The van der Waals surface area contributed by atoms with Crippen LogP contribution in [0.4, 0.5) is 5.13 Å². The molecule has 19 heavy (non-hydrogen) atoms. The van der Waals surface area contributed by atoms with Crippen molar-refractivity contribution in [2.45, 2.75) is 58.8 Å². The van der Waals surface area contributed by atoms with Gasteiger partial charge in [0.05, 0.1) is 17.9 Å². The van der Waals surface area contributed by atoms with Crippen molar-refractivity contribution in [3.8, 4) is 0 Å². The molecule has 2 rings (SSSR count). The molecule has 0 aliphatic carbocycles. The van der Waals surface area contributed by atoms with Crippen molar-refractivity contribution in [2.75, 3.05) is 18.0 Å². The first kappa shape index (κ1) is 14.8. The van der Waals surface area contributed by atoms with E-state index in [-0.39, 0.29) is 17.6 Å². The normalized spacial score (nSPS) is 24.8. The lowest BCUT2D eigenvalue weighted by molar-refractivity contribution is -0.00523. The van der Waals surface area contributed by atoms with Gasteiger partial charge in [0.25, 0.3) is 0 Å². The third-order valence-electron chi connectivity index (χ3n) is 3.27. The van der Waals surface area contributed by atoms with Crippen LogP contribution in [0.3, 0.4) is 0 Å². The number of hydrogen-bond donors (Lipinski definition) is 1. The van der Waals surface area contributed by atoms with Crippen LogP contribution in [0.5, 0.6) is 0 Å². The van der Waals surface area contributed by atoms with Crippen LogP contribution in [0.2, 0.25) is 0 Å². The average molecular weight is 283 g/mol. The summed E-state index contributed by atoms with van der Waals surface area (Å²) in [5.74, 6) is 0. The molecule has 1 aliphatic heterocycles. The number of rotatable bonds is 2. The van der Waals surface area contributed by atoms with Crippen molar-refractivity contribution in [3.63, 3.8) is 0 Å². The van der Waals surface area contributed by atoms with Crippen molar-refractivity contribution in [2.24, 2.45) is 5.73 Å². The van der Waals surface area contributed by atoms with Gasteiger partial charge < -0.3 is 15.4 Å². The third-order valence-corrected chi connectivity index (χ3v) is 4.41. The molecule has 1 aromatic rings. The van der Waals surface area contributed by atoms with Crippen LogP contribution < -0.4 is 10.6 Å². The zero-order valence-electron chi connectivity index (χ0n) is 12.6. The molecule has 1 aromatic heterocycles. The Morgan fingerprint density at radius 3 is 2.32 bits per heavy atom. The maximum Gasteiger partial charge on any atom is 0.186 e. The topological polar surface area (TPSA) is 51.4 Å². The second-order valence-corrected chi connectivity index (χ2v) is 7.45. The Balaban J connectivity index is 2.28. The molecule has 0 aromatic carbocycles. The predicted molar refractivity (Wildman–Crippen MR) is 80.9 cm³/mol. The highest BCUT2D eigenvalue weighted by molar-refractivity contribution is 7.15. The highest BCUT2D eigenvalue weighted by Gasteiger charge is 2.28. The SMILES string of the molecule is CC1CN(c2nc(C(C)(C)C)c(CN)s2)CC(C)O1. The van der Waals surface area contributed by atoms with E-state index < -0.39 is 0 Å². The van der Waals surface area contributed by atoms with Gasteiger partial charge in [0.2, 0.25) is 0 Å². The Morgan fingerprint density at radius 1 is 1.32 bits per heavy atom. The molecule has 1 fully saturated rings. The molecule has 1 saturated heterocycles. The number of thiazole rings is 1. The summed E-state index contributed by atoms with van der Waals surface area (Å²) in [6.45, 7) is 13.2. The van der Waals surface area contributed by atoms with Crippen LogP contribution in [0.15, 0.2) is 0 Å². The largest absolute Gasteiger partial charge is 0.372 e. The van der Waals surface area contributed by atoms with E-state index in [1.165, 1.54) is 4.88 Å². The van der Waals surface area contributed by atoms with Gasteiger partial charge in [-0.3, -0.25) is 0 Å². The number of morpholine rings is 1. The molecule has 2 unspecified atom stereocenters. The smallest absolute Gasteiger partial charge is 0.186 e. The van der Waals surface area contributed by atoms with Crippen molar-refractivity contribution in [1.82, 2.24) is 4.98 Å². The summed E-state index contributed by atoms with van der Waals surface area (Å²) in [5.41, 5.74) is 7.06. The van der Waals surface area contributed by atoms with Gasteiger partial charge >= 0.3 is 0 Å². The van der Waals surface area contributed by atoms with E-state index in [0.29, 0.717) is 6.54 Å². The van der Waals surface area contributed by atoms with E-state index in [1.54, 1.807) is 11.3 Å². The lowest BCUT2D eigenvalue weighted by Gasteiger charge is -2.35. The third kappa shape index (κ3) is 3.27. The lowest BCUT2D eigenvalue weighted by Crippen LogP contribution is -2.45. The predicted octanol–water partition coefficient (Wildman–Crippen LogP) is 2.51. The molecule has 108 valence electrons. The molecule has 2 N–H and O–H groups in total. The highest BCUT2D eigenvalue weighted by atomic mass is 32.1. The summed E-state index contributed by atoms with van der Waals surface area (Å²) in [7, 11) is 0. The van der Waals surface area contributed by atoms with E-state index in [4.69, 9.17) is 15.5 Å². The maximum absolute atomic E-state index is 5.87. The molecule has 0 spiro atoms. The van der Waals surface area contributed by atoms with Gasteiger partial charge in [-0.2, -0.15) is 0 Å². The minimum absolute atomic E-state index is 0.0486. The second-order valence-electron chi connectivity index (χ2n) is 6.38. The molecule has 2 heterocycles. The minimum Gasteiger partial charge on any atom is -0.372 e. The van der Waals surface area contributed by atoms with E-state index in [0.717, 1.165) is 23.9 Å². The fraction of sp³-hybridized carbons (Fsp3) is 0.786. The monoisotopic (exact) mass is 283 g/mol. The molecule has 4 nitrogen and oxygen atoms in total. The Labute approximate surface area is 120 Å². The number of aromatic nitrogens is 1. The molecule has 0 bridgehead atoms. The van der Waals surface area contributed by atoms with Crippen LogP contribution in [0.1, 0.15) is 45.2 Å². The Kier molecular flexibility index (Phi) is 4.18. The van der Waals surface area contributed by atoms with Gasteiger partial charge in [-0.05, 0) is 13.8 Å². The van der Waals surface area contributed by atoms with E-state index in [2.05, 4.69) is 39.5 Å². The van der Waals surface area contributed by atoms with E-state index >= 15 is 0 Å². The van der Waals surface area contributed by atoms with Crippen LogP contribution in [-0.4, -0.2) is 30.3 Å².